The zero-order chi connectivity index (χ0) is 16.6. The van der Waals surface area contributed by atoms with Gasteiger partial charge < -0.3 is 9.64 Å². The quantitative estimate of drug-likeness (QED) is 0.848. The van der Waals surface area contributed by atoms with Gasteiger partial charge in [0.15, 0.2) is 9.84 Å². The molecular weight excluding hydrogens is 314 g/mol. The van der Waals surface area contributed by atoms with Crippen LogP contribution in [0.25, 0.3) is 0 Å². The van der Waals surface area contributed by atoms with E-state index in [0.717, 1.165) is 6.26 Å². The molecule has 1 amide bonds. The molecule has 6 heteroatoms. The number of hydrogen-bond acceptors (Lipinski definition) is 4. The van der Waals surface area contributed by atoms with Gasteiger partial charge in [-0.1, -0.05) is 18.2 Å². The fourth-order valence-electron chi connectivity index (χ4n) is 2.67. The largest absolute Gasteiger partial charge is 0.490 e. The van der Waals surface area contributed by atoms with E-state index in [-0.39, 0.29) is 10.8 Å². The Morgan fingerprint density at radius 3 is 2.65 bits per heavy atom. The molecule has 2 aromatic carbocycles. The van der Waals surface area contributed by atoms with Crippen molar-refractivity contribution >= 4 is 21.4 Å². The Morgan fingerprint density at radius 1 is 1.17 bits per heavy atom. The number of sulfone groups is 1. The first-order valence-electron chi connectivity index (χ1n) is 7.22. The predicted molar refractivity (Wildman–Crippen MR) is 87.9 cm³/mol. The van der Waals surface area contributed by atoms with Gasteiger partial charge in [-0.2, -0.15) is 0 Å². The Balaban J connectivity index is 2.03. The summed E-state index contributed by atoms with van der Waals surface area (Å²) in [6.45, 7) is 2.56. The summed E-state index contributed by atoms with van der Waals surface area (Å²) in [5, 5.41) is 0. The maximum atomic E-state index is 12.8. The number of aryl methyl sites for hydroxylation is 1. The summed E-state index contributed by atoms with van der Waals surface area (Å²) in [6, 6.07) is 12.1. The van der Waals surface area contributed by atoms with Gasteiger partial charge in [-0.3, -0.25) is 4.79 Å². The van der Waals surface area contributed by atoms with E-state index in [0.29, 0.717) is 35.7 Å². The molecule has 1 aliphatic rings. The number of rotatable bonds is 2. The molecule has 2 aromatic rings. The third-order valence-corrected chi connectivity index (χ3v) is 5.05. The van der Waals surface area contributed by atoms with Crippen molar-refractivity contribution in [3.8, 4) is 5.75 Å². The molecule has 0 unspecified atom stereocenters. The van der Waals surface area contributed by atoms with Crippen LogP contribution in [0.2, 0.25) is 0 Å². The van der Waals surface area contributed by atoms with Crippen LogP contribution >= 0.6 is 0 Å². The fourth-order valence-corrected chi connectivity index (χ4v) is 3.66. The van der Waals surface area contributed by atoms with E-state index in [1.807, 2.05) is 24.3 Å². The van der Waals surface area contributed by atoms with Crippen LogP contribution in [0.4, 0.5) is 5.69 Å². The van der Waals surface area contributed by atoms with Crippen LogP contribution in [0.15, 0.2) is 47.4 Å². The molecule has 0 aliphatic carbocycles. The normalized spacial score (nSPS) is 14.1. The molecule has 1 heterocycles. The number of carbonyl (C=O) groups is 1. The van der Waals surface area contributed by atoms with Gasteiger partial charge in [0.1, 0.15) is 12.4 Å². The first-order valence-corrected chi connectivity index (χ1v) is 9.11. The molecule has 0 saturated heterocycles. The number of anilines is 1. The van der Waals surface area contributed by atoms with Crippen molar-refractivity contribution < 1.29 is 17.9 Å². The number of fused-ring (bicyclic) bond motifs is 1. The minimum Gasteiger partial charge on any atom is -0.490 e. The second-order valence-electron chi connectivity index (χ2n) is 5.53. The molecule has 0 bridgehead atoms. The number of carbonyl (C=O) groups excluding carboxylic acids is 1. The molecule has 120 valence electrons. The van der Waals surface area contributed by atoms with Gasteiger partial charge in [0.25, 0.3) is 5.91 Å². The average molecular weight is 331 g/mol. The maximum Gasteiger partial charge on any atom is 0.258 e. The summed E-state index contributed by atoms with van der Waals surface area (Å²) in [5.74, 6) is 0.424. The topological polar surface area (TPSA) is 63.7 Å². The molecule has 3 rings (SSSR count). The van der Waals surface area contributed by atoms with Crippen LogP contribution in [0.1, 0.15) is 15.9 Å². The first-order chi connectivity index (χ1) is 10.9. The van der Waals surface area contributed by atoms with Gasteiger partial charge in [-0.05, 0) is 36.8 Å². The number of benzene rings is 2. The molecule has 0 saturated carbocycles. The van der Waals surface area contributed by atoms with E-state index >= 15 is 0 Å². The van der Waals surface area contributed by atoms with Crippen LogP contribution in [-0.4, -0.2) is 33.7 Å². The van der Waals surface area contributed by atoms with E-state index in [1.54, 1.807) is 24.0 Å². The van der Waals surface area contributed by atoms with E-state index in [9.17, 15) is 13.2 Å². The summed E-state index contributed by atoms with van der Waals surface area (Å²) in [7, 11) is -3.38. The SMILES string of the molecule is Cc1ccc(C(=O)N2CCOc3ccccc32)cc1S(C)(=O)=O. The van der Waals surface area contributed by atoms with Crippen molar-refractivity contribution in [3.63, 3.8) is 0 Å². The van der Waals surface area contributed by atoms with Gasteiger partial charge in [0.05, 0.1) is 17.1 Å². The Labute approximate surface area is 135 Å². The van der Waals surface area contributed by atoms with E-state index < -0.39 is 9.84 Å². The maximum absolute atomic E-state index is 12.8. The lowest BCUT2D eigenvalue weighted by Gasteiger charge is -2.29. The highest BCUT2D eigenvalue weighted by Gasteiger charge is 2.25. The zero-order valence-corrected chi connectivity index (χ0v) is 13.8. The Hall–Kier alpha value is -2.34. The third kappa shape index (κ3) is 2.94. The first kappa shape index (κ1) is 15.6. The predicted octanol–water partition coefficient (Wildman–Crippen LogP) is 2.44. The van der Waals surface area contributed by atoms with Crippen LogP contribution in [0, 0.1) is 6.92 Å². The molecule has 5 nitrogen and oxygen atoms in total. The van der Waals surface area contributed by atoms with Crippen LogP contribution in [0.5, 0.6) is 5.75 Å². The Morgan fingerprint density at radius 2 is 1.91 bits per heavy atom. The molecule has 0 N–H and O–H groups in total. The minimum atomic E-state index is -3.38. The molecule has 0 radical (unpaired) electrons. The monoisotopic (exact) mass is 331 g/mol. The standard InChI is InChI=1S/C17H17NO4S/c1-12-7-8-13(11-16(12)23(2,20)21)17(19)18-9-10-22-15-6-4-3-5-14(15)18/h3-8,11H,9-10H2,1-2H3. The van der Waals surface area contributed by atoms with Crippen molar-refractivity contribution in [2.45, 2.75) is 11.8 Å². The minimum absolute atomic E-state index is 0.185. The second kappa shape index (κ2) is 5.70. The highest BCUT2D eigenvalue weighted by molar-refractivity contribution is 7.90. The van der Waals surface area contributed by atoms with Gasteiger partial charge in [-0.25, -0.2) is 8.42 Å². The molecule has 0 atom stereocenters. The van der Waals surface area contributed by atoms with Crippen molar-refractivity contribution in [1.82, 2.24) is 0 Å². The van der Waals surface area contributed by atoms with Crippen molar-refractivity contribution in [2.24, 2.45) is 0 Å². The lowest BCUT2D eigenvalue weighted by molar-refractivity contribution is 0.0976. The molecular formula is C17H17NO4S. The number of para-hydroxylation sites is 2. The molecule has 1 aliphatic heterocycles. The van der Waals surface area contributed by atoms with Gasteiger partial charge >= 0.3 is 0 Å². The lowest BCUT2D eigenvalue weighted by Crippen LogP contribution is -2.38. The van der Waals surface area contributed by atoms with E-state index in [4.69, 9.17) is 4.74 Å². The summed E-state index contributed by atoms with van der Waals surface area (Å²) >= 11 is 0. The average Bonchev–Trinajstić information content (AvgIpc) is 2.53. The van der Waals surface area contributed by atoms with E-state index in [1.165, 1.54) is 6.07 Å². The molecule has 0 spiro atoms. The smallest absolute Gasteiger partial charge is 0.258 e. The summed E-state index contributed by atoms with van der Waals surface area (Å²) in [6.07, 6.45) is 1.15. The Kier molecular flexibility index (Phi) is 3.85. The highest BCUT2D eigenvalue weighted by Crippen LogP contribution is 2.32. The van der Waals surface area contributed by atoms with E-state index in [2.05, 4.69) is 0 Å². The van der Waals surface area contributed by atoms with Crippen molar-refractivity contribution in [1.29, 1.82) is 0 Å². The summed E-state index contributed by atoms with van der Waals surface area (Å²) in [4.78, 5) is 14.6. The number of ether oxygens (including phenoxy) is 1. The summed E-state index contributed by atoms with van der Waals surface area (Å²) in [5.41, 5.74) is 1.68. The lowest BCUT2D eigenvalue weighted by atomic mass is 10.1. The number of nitrogens with zero attached hydrogens (tertiary/aromatic N) is 1. The summed E-state index contributed by atoms with van der Waals surface area (Å²) < 4.78 is 29.3. The molecule has 0 fully saturated rings. The molecule has 23 heavy (non-hydrogen) atoms. The fraction of sp³-hybridized carbons (Fsp3) is 0.235. The second-order valence-corrected chi connectivity index (χ2v) is 7.51. The number of amides is 1. The van der Waals surface area contributed by atoms with Crippen molar-refractivity contribution in [3.05, 3.63) is 53.6 Å². The zero-order valence-electron chi connectivity index (χ0n) is 12.9. The number of hydrogen-bond donors (Lipinski definition) is 0. The van der Waals surface area contributed by atoms with Crippen LogP contribution in [-0.2, 0) is 9.84 Å². The van der Waals surface area contributed by atoms with Crippen molar-refractivity contribution in [2.75, 3.05) is 24.3 Å². The van der Waals surface area contributed by atoms with Gasteiger partial charge in [0.2, 0.25) is 0 Å². The van der Waals surface area contributed by atoms with Gasteiger partial charge in [-0.15, -0.1) is 0 Å². The van der Waals surface area contributed by atoms with Crippen LogP contribution in [0.3, 0.4) is 0 Å². The third-order valence-electron chi connectivity index (χ3n) is 3.81. The van der Waals surface area contributed by atoms with Crippen LogP contribution < -0.4 is 9.64 Å². The van der Waals surface area contributed by atoms with Gasteiger partial charge in [0, 0.05) is 11.8 Å². The Bertz CT molecular complexity index is 874. The molecule has 0 aromatic heterocycles. The highest BCUT2D eigenvalue weighted by atomic mass is 32.2.